The number of hydrogen-bond donors (Lipinski definition) is 2. The van der Waals surface area contributed by atoms with Crippen molar-refractivity contribution in [3.8, 4) is 0 Å². The minimum absolute atomic E-state index is 0.0554. The van der Waals surface area contributed by atoms with E-state index in [9.17, 15) is 19.2 Å². The molecule has 0 aromatic carbocycles. The summed E-state index contributed by atoms with van der Waals surface area (Å²) in [5.41, 5.74) is 4.31. The molecule has 3 N–H and O–H groups in total. The summed E-state index contributed by atoms with van der Waals surface area (Å²) in [5.74, 6) is -1.07. The average molecular weight is 476 g/mol. The molecule has 0 bridgehead atoms. The molecule has 4 amide bonds. The number of primary amides is 1. The van der Waals surface area contributed by atoms with Crippen LogP contribution in [0, 0.1) is 5.92 Å². The lowest BCUT2D eigenvalue weighted by Gasteiger charge is -2.39. The van der Waals surface area contributed by atoms with Crippen LogP contribution >= 0.6 is 0 Å². The summed E-state index contributed by atoms with van der Waals surface area (Å²) in [4.78, 5) is 58.6. The fourth-order valence-corrected chi connectivity index (χ4v) is 3.90. The first-order valence-corrected chi connectivity index (χ1v) is 11.4. The number of carbonyl (C=O) groups is 4. The molecular formula is C24H37N5O5. The van der Waals surface area contributed by atoms with Crippen LogP contribution < -0.4 is 11.1 Å². The lowest BCUT2D eigenvalue weighted by Crippen LogP contribution is -2.59. The van der Waals surface area contributed by atoms with Crippen molar-refractivity contribution in [3.05, 3.63) is 23.9 Å². The molecule has 3 atom stereocenters. The summed E-state index contributed by atoms with van der Waals surface area (Å²) in [6.45, 7) is 12.2. The van der Waals surface area contributed by atoms with Crippen molar-refractivity contribution in [1.29, 1.82) is 0 Å². The van der Waals surface area contributed by atoms with E-state index in [0.29, 0.717) is 17.8 Å². The van der Waals surface area contributed by atoms with Gasteiger partial charge in [-0.3, -0.25) is 19.3 Å². The molecule has 0 aliphatic carbocycles. The van der Waals surface area contributed by atoms with E-state index in [1.165, 1.54) is 23.8 Å². The molecule has 2 heterocycles. The van der Waals surface area contributed by atoms with Gasteiger partial charge in [0.15, 0.2) is 0 Å². The van der Waals surface area contributed by atoms with Gasteiger partial charge in [0.2, 0.25) is 17.7 Å². The van der Waals surface area contributed by atoms with E-state index in [1.807, 2.05) is 13.8 Å². The number of nitrogens with one attached hydrogen (secondary N) is 1. The summed E-state index contributed by atoms with van der Waals surface area (Å²) in [7, 11) is 1.50. The Hall–Kier alpha value is -3.17. The quantitative estimate of drug-likeness (QED) is 0.592. The molecule has 2 rings (SSSR count). The number of carbonyl (C=O) groups excluding carboxylic acids is 4. The third kappa shape index (κ3) is 5.84. The lowest BCUT2D eigenvalue weighted by molar-refractivity contribution is -0.145. The van der Waals surface area contributed by atoms with Crippen molar-refractivity contribution < 1.29 is 23.9 Å². The number of rotatable bonds is 8. The van der Waals surface area contributed by atoms with Gasteiger partial charge in [0.1, 0.15) is 23.5 Å². The van der Waals surface area contributed by atoms with Crippen molar-refractivity contribution in [2.75, 3.05) is 18.9 Å². The van der Waals surface area contributed by atoms with Crippen LogP contribution in [0.1, 0.15) is 60.5 Å². The lowest BCUT2D eigenvalue weighted by atomic mass is 9.83. The van der Waals surface area contributed by atoms with Crippen LogP contribution in [-0.4, -0.2) is 69.9 Å². The second-order valence-electron chi connectivity index (χ2n) is 10.5. The van der Waals surface area contributed by atoms with Crippen LogP contribution in [0.15, 0.2) is 18.3 Å². The number of pyridine rings is 1. The molecule has 0 radical (unpaired) electrons. The Labute approximate surface area is 201 Å². The number of hydrogen-bond acceptors (Lipinski definition) is 6. The van der Waals surface area contributed by atoms with Gasteiger partial charge in [0.25, 0.3) is 0 Å². The molecule has 1 aliphatic heterocycles. The van der Waals surface area contributed by atoms with Gasteiger partial charge in [-0.1, -0.05) is 19.9 Å². The first-order chi connectivity index (χ1) is 15.6. The molecule has 0 fully saturated rings. The number of ether oxygens (including phenoxy) is 1. The summed E-state index contributed by atoms with van der Waals surface area (Å²) in [6, 6.07) is 1.53. The average Bonchev–Trinajstić information content (AvgIpc) is 2.97. The minimum atomic E-state index is -1.16. The Morgan fingerprint density at radius 3 is 2.38 bits per heavy atom. The van der Waals surface area contributed by atoms with Crippen LogP contribution in [-0.2, 0) is 24.5 Å². The number of nitrogens with two attached hydrogens (primary N) is 1. The standard InChI is InChI=1S/C24H37N5O5/c1-14(2)12-17(28(8)22(33)34-23(4,5)6)20(31)29(15(3)18(25)30)13-24(7)16-10-9-11-26-19(16)27-21(24)32/h9-11,14-15,17H,12-13H2,1-8H3,(H2,25,30)(H,26,27,32)/t15-,17-,24-/m0/s1. The van der Waals surface area contributed by atoms with Gasteiger partial charge in [-0.2, -0.15) is 0 Å². The Bertz CT molecular complexity index is 957. The summed E-state index contributed by atoms with van der Waals surface area (Å²) in [6.07, 6.45) is 1.24. The van der Waals surface area contributed by atoms with Crippen LogP contribution in [0.4, 0.5) is 10.6 Å². The van der Waals surface area contributed by atoms with Gasteiger partial charge in [-0.05, 0) is 53.0 Å². The topological polar surface area (TPSA) is 135 Å². The van der Waals surface area contributed by atoms with E-state index in [-0.39, 0.29) is 18.4 Å². The number of nitrogens with zero attached hydrogens (tertiary/aromatic N) is 3. The maximum Gasteiger partial charge on any atom is 0.410 e. The van der Waals surface area contributed by atoms with Crippen LogP contribution in [0.3, 0.4) is 0 Å². The second-order valence-corrected chi connectivity index (χ2v) is 10.5. The molecular weight excluding hydrogens is 438 g/mol. The van der Waals surface area contributed by atoms with E-state index in [4.69, 9.17) is 10.5 Å². The van der Waals surface area contributed by atoms with Crippen LogP contribution in [0.2, 0.25) is 0 Å². The Morgan fingerprint density at radius 2 is 1.85 bits per heavy atom. The van der Waals surface area contributed by atoms with Crippen molar-refractivity contribution in [2.24, 2.45) is 11.7 Å². The van der Waals surface area contributed by atoms with Crippen LogP contribution in [0.5, 0.6) is 0 Å². The highest BCUT2D eigenvalue weighted by atomic mass is 16.6. The molecule has 0 spiro atoms. The molecule has 1 aliphatic rings. The molecule has 10 nitrogen and oxygen atoms in total. The first kappa shape index (κ1) is 27.1. The van der Waals surface area contributed by atoms with Gasteiger partial charge in [-0.15, -0.1) is 0 Å². The highest BCUT2D eigenvalue weighted by Gasteiger charge is 2.48. The maximum absolute atomic E-state index is 13.9. The SMILES string of the molecule is CC(C)C[C@@H](C(=O)N(C[C@]1(C)C(=O)Nc2ncccc21)[C@@H](C)C(N)=O)N(C)C(=O)OC(C)(C)C. The number of fused-ring (bicyclic) bond motifs is 1. The largest absolute Gasteiger partial charge is 0.444 e. The molecule has 0 saturated carbocycles. The maximum atomic E-state index is 13.9. The van der Waals surface area contributed by atoms with E-state index in [0.717, 1.165) is 0 Å². The molecule has 1 aromatic heterocycles. The number of likely N-dealkylation sites (N-methyl/N-ethyl adjacent to an activating group) is 1. The predicted molar refractivity (Wildman–Crippen MR) is 128 cm³/mol. The highest BCUT2D eigenvalue weighted by molar-refractivity contribution is 6.05. The molecule has 188 valence electrons. The summed E-state index contributed by atoms with van der Waals surface area (Å²) < 4.78 is 5.47. The van der Waals surface area contributed by atoms with Crippen molar-refractivity contribution >= 4 is 29.6 Å². The van der Waals surface area contributed by atoms with Gasteiger partial charge in [-0.25, -0.2) is 9.78 Å². The van der Waals surface area contributed by atoms with E-state index in [2.05, 4.69) is 10.3 Å². The fraction of sp³-hybridized carbons (Fsp3) is 0.625. The fourth-order valence-electron chi connectivity index (χ4n) is 3.90. The monoisotopic (exact) mass is 475 g/mol. The van der Waals surface area contributed by atoms with Gasteiger partial charge in [0, 0.05) is 25.4 Å². The van der Waals surface area contributed by atoms with E-state index >= 15 is 0 Å². The third-order valence-electron chi connectivity index (χ3n) is 5.91. The smallest absolute Gasteiger partial charge is 0.410 e. The zero-order chi connectivity index (χ0) is 26.0. The third-order valence-corrected chi connectivity index (χ3v) is 5.91. The molecule has 0 unspecified atom stereocenters. The first-order valence-electron chi connectivity index (χ1n) is 11.4. The Morgan fingerprint density at radius 1 is 1.24 bits per heavy atom. The predicted octanol–water partition coefficient (Wildman–Crippen LogP) is 2.28. The number of aromatic nitrogens is 1. The highest BCUT2D eigenvalue weighted by Crippen LogP contribution is 2.37. The summed E-state index contributed by atoms with van der Waals surface area (Å²) >= 11 is 0. The molecule has 10 heteroatoms. The second kappa shape index (κ2) is 9.99. The van der Waals surface area contributed by atoms with Crippen molar-refractivity contribution in [2.45, 2.75) is 78.0 Å². The molecule has 34 heavy (non-hydrogen) atoms. The zero-order valence-corrected chi connectivity index (χ0v) is 21.3. The van der Waals surface area contributed by atoms with Gasteiger partial charge < -0.3 is 20.7 Å². The Balaban J connectivity index is 2.47. The Kier molecular flexibility index (Phi) is 7.95. The van der Waals surface area contributed by atoms with Crippen molar-refractivity contribution in [3.63, 3.8) is 0 Å². The normalized spacial score (nSPS) is 19.1. The zero-order valence-electron chi connectivity index (χ0n) is 21.3. The summed E-state index contributed by atoms with van der Waals surface area (Å²) in [5, 5.41) is 2.74. The van der Waals surface area contributed by atoms with Crippen molar-refractivity contribution in [1.82, 2.24) is 14.8 Å². The van der Waals surface area contributed by atoms with E-state index in [1.54, 1.807) is 46.0 Å². The number of anilines is 1. The van der Waals surface area contributed by atoms with Gasteiger partial charge in [0.05, 0.1) is 5.41 Å². The number of amides is 4. The van der Waals surface area contributed by atoms with E-state index < -0.39 is 41.0 Å². The molecule has 1 aromatic rings. The minimum Gasteiger partial charge on any atom is -0.444 e. The van der Waals surface area contributed by atoms with Crippen LogP contribution in [0.25, 0.3) is 0 Å². The van der Waals surface area contributed by atoms with Gasteiger partial charge >= 0.3 is 6.09 Å². The molecule has 0 saturated heterocycles.